The number of hydrogen-bond donors (Lipinski definition) is 2. The Morgan fingerprint density at radius 3 is 2.00 bits per heavy atom. The maximum atomic E-state index is 5.54. The first kappa shape index (κ1) is 12.6. The molecule has 0 aromatic heterocycles. The minimum absolute atomic E-state index is 0. The third-order valence-corrected chi connectivity index (χ3v) is 1.48. The van der Waals surface area contributed by atoms with Crippen LogP contribution in [-0.2, 0) is 4.84 Å². The normalized spacial score (nSPS) is 11.2. The van der Waals surface area contributed by atoms with Crippen molar-refractivity contribution in [3.8, 4) is 0 Å². The highest BCUT2D eigenvalue weighted by atomic mass is 35.5. The van der Waals surface area contributed by atoms with Gasteiger partial charge < -0.3 is 11.0 Å². The predicted octanol–water partition coefficient (Wildman–Crippen LogP) is 3.05. The quantitative estimate of drug-likeness (QED) is 0.695. The van der Waals surface area contributed by atoms with E-state index in [2.05, 4.69) is 10.3 Å². The molecule has 0 unspecified atom stereocenters. The van der Waals surface area contributed by atoms with Crippen molar-refractivity contribution in [1.82, 2.24) is 11.6 Å². The summed E-state index contributed by atoms with van der Waals surface area (Å²) in [5.41, 5.74) is 2.52. The molecule has 0 aliphatic carbocycles. The van der Waals surface area contributed by atoms with E-state index in [4.69, 9.17) is 11.6 Å². The molecule has 76 valence electrons. The zero-order valence-electron chi connectivity index (χ0n) is 7.69. The van der Waals surface area contributed by atoms with Crippen molar-refractivity contribution < 1.29 is 4.84 Å². The Morgan fingerprint density at radius 1 is 1.07 bits per heavy atom. The fraction of sp³-hybridized carbons (Fsp3) is 0. The molecule has 1 heterocycles. The molecule has 0 radical (unpaired) electrons. The van der Waals surface area contributed by atoms with Crippen LogP contribution in [0.2, 0.25) is 5.02 Å². The largest absolute Gasteiger partial charge is 0.391 e. The summed E-state index contributed by atoms with van der Waals surface area (Å²) in [5, 5.41) is 0.794. The first-order valence-electron chi connectivity index (χ1n) is 3.83. The summed E-state index contributed by atoms with van der Waals surface area (Å²) in [6.45, 7) is 0. The van der Waals surface area contributed by atoms with E-state index in [-0.39, 0.29) is 6.15 Å². The molecule has 0 saturated heterocycles. The van der Waals surface area contributed by atoms with Gasteiger partial charge in [0, 0.05) is 11.2 Å². The van der Waals surface area contributed by atoms with Crippen LogP contribution < -0.4 is 11.6 Å². The van der Waals surface area contributed by atoms with E-state index in [1.807, 2.05) is 36.4 Å². The maximum Gasteiger partial charge on any atom is 0.119 e. The molecule has 1 aromatic rings. The van der Waals surface area contributed by atoms with Crippen LogP contribution in [0.1, 0.15) is 0 Å². The van der Waals surface area contributed by atoms with Crippen molar-refractivity contribution >= 4 is 11.6 Å². The van der Waals surface area contributed by atoms with Crippen molar-refractivity contribution in [1.29, 1.82) is 0 Å². The molecule has 0 saturated carbocycles. The number of hydrogen-bond acceptors (Lipinski definition) is 3. The number of rotatable bonds is 0. The van der Waals surface area contributed by atoms with Crippen molar-refractivity contribution in [2.24, 2.45) is 0 Å². The van der Waals surface area contributed by atoms with E-state index < -0.39 is 0 Å². The zero-order valence-corrected chi connectivity index (χ0v) is 8.45. The summed E-state index contributed by atoms with van der Waals surface area (Å²) < 4.78 is 0. The van der Waals surface area contributed by atoms with Crippen LogP contribution in [0.3, 0.4) is 0 Å². The van der Waals surface area contributed by atoms with Gasteiger partial charge in [-0.3, -0.25) is 0 Å². The zero-order chi connectivity index (χ0) is 9.36. The van der Waals surface area contributed by atoms with Crippen LogP contribution in [0, 0.1) is 0 Å². The summed E-state index contributed by atoms with van der Waals surface area (Å²) in [7, 11) is 0. The fourth-order valence-electron chi connectivity index (χ4n) is 0.673. The average molecular weight is 213 g/mol. The molecule has 2 rings (SSSR count). The Balaban J connectivity index is 0.000000227. The van der Waals surface area contributed by atoms with Gasteiger partial charge in [-0.1, -0.05) is 29.8 Å². The van der Waals surface area contributed by atoms with Crippen LogP contribution in [0.4, 0.5) is 0 Å². The van der Waals surface area contributed by atoms with Crippen molar-refractivity contribution in [3.63, 3.8) is 0 Å². The monoisotopic (exact) mass is 212 g/mol. The van der Waals surface area contributed by atoms with Gasteiger partial charge >= 0.3 is 0 Å². The van der Waals surface area contributed by atoms with Gasteiger partial charge in [0.05, 0.1) is 0 Å². The third kappa shape index (κ3) is 6.11. The first-order chi connectivity index (χ1) is 6.39. The van der Waals surface area contributed by atoms with E-state index in [1.165, 1.54) is 0 Å². The van der Waals surface area contributed by atoms with Crippen molar-refractivity contribution in [2.45, 2.75) is 0 Å². The minimum atomic E-state index is 0. The highest BCUT2D eigenvalue weighted by Gasteiger charge is 1.75. The topological polar surface area (TPSA) is 56.3 Å². The number of halogens is 1. The van der Waals surface area contributed by atoms with E-state index >= 15 is 0 Å². The lowest BCUT2D eigenvalue weighted by Gasteiger charge is -1.97. The number of nitrogens with one attached hydrogen (secondary N) is 1. The maximum absolute atomic E-state index is 5.54. The highest BCUT2D eigenvalue weighted by molar-refractivity contribution is 6.30. The molecule has 0 atom stereocenters. The van der Waals surface area contributed by atoms with E-state index in [0.29, 0.717) is 0 Å². The van der Waals surface area contributed by atoms with E-state index in [0.717, 1.165) is 5.02 Å². The molecule has 3 nitrogen and oxygen atoms in total. The smallest absolute Gasteiger partial charge is 0.119 e. The SMILES string of the molecule is C1=CNOC=C1.Clc1ccccc1.N. The lowest BCUT2D eigenvalue weighted by molar-refractivity contribution is 0.172. The summed E-state index contributed by atoms with van der Waals surface area (Å²) in [6, 6.07) is 9.44. The molecular formula is C10H13ClN2O. The Labute approximate surface area is 88.6 Å². The summed E-state index contributed by atoms with van der Waals surface area (Å²) in [6.07, 6.45) is 6.93. The Bertz CT molecular complexity index is 273. The van der Waals surface area contributed by atoms with Crippen LogP contribution >= 0.6 is 11.6 Å². The second-order valence-electron chi connectivity index (χ2n) is 2.22. The molecule has 1 aromatic carbocycles. The van der Waals surface area contributed by atoms with Gasteiger partial charge in [0.25, 0.3) is 0 Å². The van der Waals surface area contributed by atoms with Gasteiger partial charge in [-0.25, -0.2) is 5.48 Å². The lowest BCUT2D eigenvalue weighted by atomic mass is 10.4. The number of hydroxylamine groups is 1. The fourth-order valence-corrected chi connectivity index (χ4v) is 0.818. The summed E-state index contributed by atoms with van der Waals surface area (Å²) >= 11 is 5.54. The van der Waals surface area contributed by atoms with E-state index in [9.17, 15) is 0 Å². The number of allylic oxidation sites excluding steroid dienone is 2. The molecule has 0 spiro atoms. The van der Waals surface area contributed by atoms with Gasteiger partial charge in [0.1, 0.15) is 6.26 Å². The third-order valence-electron chi connectivity index (χ3n) is 1.22. The Hall–Kier alpha value is -1.45. The van der Waals surface area contributed by atoms with E-state index in [1.54, 1.807) is 18.5 Å². The Kier molecular flexibility index (Phi) is 7.32. The van der Waals surface area contributed by atoms with Gasteiger partial charge in [0.15, 0.2) is 0 Å². The lowest BCUT2D eigenvalue weighted by Crippen LogP contribution is -2.01. The van der Waals surface area contributed by atoms with Crippen LogP contribution in [0.15, 0.2) is 54.9 Å². The highest BCUT2D eigenvalue weighted by Crippen LogP contribution is 2.03. The average Bonchev–Trinajstić information content (AvgIpc) is 2.22. The summed E-state index contributed by atoms with van der Waals surface area (Å²) in [4.78, 5) is 4.55. The molecule has 0 fully saturated rings. The second-order valence-corrected chi connectivity index (χ2v) is 2.66. The minimum Gasteiger partial charge on any atom is -0.391 e. The molecule has 0 bridgehead atoms. The van der Waals surface area contributed by atoms with Crippen molar-refractivity contribution in [3.05, 3.63) is 60.0 Å². The molecular weight excluding hydrogens is 200 g/mol. The van der Waals surface area contributed by atoms with Gasteiger partial charge in [-0.15, -0.1) is 0 Å². The molecule has 0 amide bonds. The van der Waals surface area contributed by atoms with Crippen LogP contribution in [0.25, 0.3) is 0 Å². The van der Waals surface area contributed by atoms with Crippen LogP contribution in [0.5, 0.6) is 0 Å². The van der Waals surface area contributed by atoms with Gasteiger partial charge in [-0.05, 0) is 24.3 Å². The molecule has 1 aliphatic heterocycles. The molecule has 4 N–H and O–H groups in total. The van der Waals surface area contributed by atoms with Gasteiger partial charge in [0.2, 0.25) is 0 Å². The first-order valence-corrected chi connectivity index (χ1v) is 4.21. The van der Waals surface area contributed by atoms with Gasteiger partial charge in [-0.2, -0.15) is 0 Å². The standard InChI is InChI=1S/C6H5Cl.C4H5NO.H3N/c7-6-4-2-1-3-5-6;1-2-4-6-5-3-1;/h1-5H;1-5H;1H3. The number of benzene rings is 1. The summed E-state index contributed by atoms with van der Waals surface area (Å²) in [5.74, 6) is 0. The Morgan fingerprint density at radius 2 is 1.79 bits per heavy atom. The van der Waals surface area contributed by atoms with Crippen LogP contribution in [-0.4, -0.2) is 0 Å². The molecule has 1 aliphatic rings. The predicted molar refractivity (Wildman–Crippen MR) is 59.0 cm³/mol. The second kappa shape index (κ2) is 8.16. The van der Waals surface area contributed by atoms with Crippen molar-refractivity contribution in [2.75, 3.05) is 0 Å². The molecule has 14 heavy (non-hydrogen) atoms. The molecule has 4 heteroatoms.